The molecule has 2 N–H and O–H groups in total. The maximum absolute atomic E-state index is 11.6. The summed E-state index contributed by atoms with van der Waals surface area (Å²) in [6.07, 6.45) is 1.11. The number of anilines is 1. The lowest BCUT2D eigenvalue weighted by atomic mass is 10.2. The topological polar surface area (TPSA) is 49.6 Å². The van der Waals surface area contributed by atoms with E-state index in [-0.39, 0.29) is 17.0 Å². The SMILES string of the molecule is Br.CCC(C)N(CC)CCN(C(N)=O)c1ccccc1. The van der Waals surface area contributed by atoms with Crippen LogP contribution < -0.4 is 10.6 Å². The first-order chi connectivity index (χ1) is 9.10. The largest absolute Gasteiger partial charge is 0.351 e. The highest BCUT2D eigenvalue weighted by Gasteiger charge is 2.15. The molecule has 4 nitrogen and oxygen atoms in total. The van der Waals surface area contributed by atoms with Crippen molar-refractivity contribution >= 4 is 28.7 Å². The van der Waals surface area contributed by atoms with Crippen LogP contribution in [0, 0.1) is 0 Å². The average molecular weight is 344 g/mol. The van der Waals surface area contributed by atoms with Crippen LogP contribution in [0.5, 0.6) is 0 Å². The van der Waals surface area contributed by atoms with E-state index in [4.69, 9.17) is 5.73 Å². The Labute approximate surface area is 132 Å². The van der Waals surface area contributed by atoms with Crippen molar-refractivity contribution in [3.8, 4) is 0 Å². The third-order valence-electron chi connectivity index (χ3n) is 3.57. The molecule has 0 fully saturated rings. The van der Waals surface area contributed by atoms with Gasteiger partial charge >= 0.3 is 6.03 Å². The van der Waals surface area contributed by atoms with E-state index in [9.17, 15) is 4.79 Å². The summed E-state index contributed by atoms with van der Waals surface area (Å²) in [5, 5.41) is 0. The van der Waals surface area contributed by atoms with E-state index >= 15 is 0 Å². The maximum atomic E-state index is 11.6. The van der Waals surface area contributed by atoms with Crippen LogP contribution in [0.3, 0.4) is 0 Å². The van der Waals surface area contributed by atoms with Crippen molar-refractivity contribution in [2.24, 2.45) is 5.73 Å². The molecular formula is C15H26BrN3O. The summed E-state index contributed by atoms with van der Waals surface area (Å²) in [6.45, 7) is 8.97. The first-order valence-corrected chi connectivity index (χ1v) is 6.96. The summed E-state index contributed by atoms with van der Waals surface area (Å²) in [5.74, 6) is 0. The van der Waals surface area contributed by atoms with Crippen LogP contribution in [0.2, 0.25) is 0 Å². The van der Waals surface area contributed by atoms with Gasteiger partial charge in [-0.15, -0.1) is 17.0 Å². The summed E-state index contributed by atoms with van der Waals surface area (Å²) in [5.41, 5.74) is 6.33. The molecule has 0 saturated carbocycles. The minimum absolute atomic E-state index is 0. The van der Waals surface area contributed by atoms with Gasteiger partial charge in [0.15, 0.2) is 0 Å². The number of para-hydroxylation sites is 1. The fourth-order valence-electron chi connectivity index (χ4n) is 2.15. The molecule has 0 aliphatic rings. The van der Waals surface area contributed by atoms with E-state index in [2.05, 4.69) is 25.7 Å². The molecular weight excluding hydrogens is 318 g/mol. The van der Waals surface area contributed by atoms with Gasteiger partial charge in [0.25, 0.3) is 0 Å². The van der Waals surface area contributed by atoms with E-state index in [0.29, 0.717) is 12.6 Å². The molecule has 0 saturated heterocycles. The number of amides is 2. The molecule has 0 radical (unpaired) electrons. The van der Waals surface area contributed by atoms with Crippen LogP contribution in [-0.2, 0) is 0 Å². The second kappa shape index (κ2) is 9.77. The number of urea groups is 1. The van der Waals surface area contributed by atoms with Crippen LogP contribution in [0.4, 0.5) is 10.5 Å². The fraction of sp³-hybridized carbons (Fsp3) is 0.533. The van der Waals surface area contributed by atoms with Crippen molar-refractivity contribution in [2.45, 2.75) is 33.2 Å². The Morgan fingerprint density at radius 1 is 1.20 bits per heavy atom. The van der Waals surface area contributed by atoms with Crippen LogP contribution >= 0.6 is 17.0 Å². The van der Waals surface area contributed by atoms with Crippen molar-refractivity contribution in [2.75, 3.05) is 24.5 Å². The van der Waals surface area contributed by atoms with Gasteiger partial charge in [-0.2, -0.15) is 0 Å². The monoisotopic (exact) mass is 343 g/mol. The van der Waals surface area contributed by atoms with Gasteiger partial charge < -0.3 is 5.73 Å². The zero-order valence-corrected chi connectivity index (χ0v) is 14.3. The van der Waals surface area contributed by atoms with Gasteiger partial charge in [0, 0.05) is 24.8 Å². The molecule has 1 atom stereocenters. The van der Waals surface area contributed by atoms with Gasteiger partial charge in [-0.05, 0) is 32.0 Å². The number of hydrogen-bond acceptors (Lipinski definition) is 2. The third-order valence-corrected chi connectivity index (χ3v) is 3.57. The summed E-state index contributed by atoms with van der Waals surface area (Å²) in [6, 6.07) is 9.70. The summed E-state index contributed by atoms with van der Waals surface area (Å²) >= 11 is 0. The Hall–Kier alpha value is -1.07. The predicted octanol–water partition coefficient (Wildman–Crippen LogP) is 3.27. The lowest BCUT2D eigenvalue weighted by Gasteiger charge is -2.30. The van der Waals surface area contributed by atoms with E-state index in [0.717, 1.165) is 25.2 Å². The van der Waals surface area contributed by atoms with E-state index in [1.54, 1.807) is 4.90 Å². The fourth-order valence-corrected chi connectivity index (χ4v) is 2.15. The normalized spacial score (nSPS) is 11.8. The minimum atomic E-state index is -0.397. The Balaban J connectivity index is 0.00000361. The molecule has 5 heteroatoms. The zero-order valence-electron chi connectivity index (χ0n) is 12.6. The number of primary amides is 1. The molecule has 0 aromatic heterocycles. The van der Waals surface area contributed by atoms with Crippen molar-refractivity contribution in [3.63, 3.8) is 0 Å². The highest BCUT2D eigenvalue weighted by atomic mass is 79.9. The third kappa shape index (κ3) is 5.51. The van der Waals surface area contributed by atoms with Gasteiger partial charge in [0.2, 0.25) is 0 Å². The van der Waals surface area contributed by atoms with Gasteiger partial charge in [-0.1, -0.05) is 32.0 Å². The Morgan fingerprint density at radius 3 is 2.25 bits per heavy atom. The summed E-state index contributed by atoms with van der Waals surface area (Å²) < 4.78 is 0. The van der Waals surface area contributed by atoms with Crippen molar-refractivity contribution in [1.29, 1.82) is 0 Å². The standard InChI is InChI=1S/C15H25N3O.BrH/c1-4-13(3)17(5-2)11-12-18(15(16)19)14-9-7-6-8-10-14;/h6-10,13H,4-5,11-12H2,1-3H3,(H2,16,19);1H. The quantitative estimate of drug-likeness (QED) is 0.825. The van der Waals surface area contributed by atoms with Gasteiger partial charge in [0.05, 0.1) is 0 Å². The van der Waals surface area contributed by atoms with Crippen LogP contribution in [0.1, 0.15) is 27.2 Å². The van der Waals surface area contributed by atoms with Crippen molar-refractivity contribution in [1.82, 2.24) is 4.90 Å². The molecule has 0 bridgehead atoms. The minimum Gasteiger partial charge on any atom is -0.351 e. The van der Waals surface area contributed by atoms with Gasteiger partial charge in [-0.25, -0.2) is 4.79 Å². The molecule has 1 aromatic carbocycles. The molecule has 114 valence electrons. The van der Waals surface area contributed by atoms with Gasteiger partial charge in [-0.3, -0.25) is 9.80 Å². The number of rotatable bonds is 7. The maximum Gasteiger partial charge on any atom is 0.319 e. The summed E-state index contributed by atoms with van der Waals surface area (Å²) in [4.78, 5) is 15.6. The number of nitrogens with zero attached hydrogens (tertiary/aromatic N) is 2. The number of hydrogen-bond donors (Lipinski definition) is 1. The second-order valence-electron chi connectivity index (χ2n) is 4.71. The number of halogens is 1. The number of carbonyl (C=O) groups excluding carboxylic acids is 1. The smallest absolute Gasteiger partial charge is 0.319 e. The van der Waals surface area contributed by atoms with Crippen LogP contribution in [0.25, 0.3) is 0 Å². The molecule has 20 heavy (non-hydrogen) atoms. The zero-order chi connectivity index (χ0) is 14.3. The number of likely N-dealkylation sites (N-methyl/N-ethyl adjacent to an activating group) is 1. The first kappa shape index (κ1) is 18.9. The Bertz CT molecular complexity index is 386. The number of nitrogens with two attached hydrogens (primary N) is 1. The van der Waals surface area contributed by atoms with E-state index < -0.39 is 6.03 Å². The molecule has 1 rings (SSSR count). The number of benzene rings is 1. The average Bonchev–Trinajstić information content (AvgIpc) is 2.43. The molecule has 0 aliphatic carbocycles. The summed E-state index contributed by atoms with van der Waals surface area (Å²) in [7, 11) is 0. The Morgan fingerprint density at radius 2 is 1.80 bits per heavy atom. The van der Waals surface area contributed by atoms with E-state index in [1.807, 2.05) is 30.3 Å². The van der Waals surface area contributed by atoms with E-state index in [1.165, 1.54) is 0 Å². The first-order valence-electron chi connectivity index (χ1n) is 6.96. The molecule has 0 aliphatic heterocycles. The predicted molar refractivity (Wildman–Crippen MR) is 90.7 cm³/mol. The molecule has 1 unspecified atom stereocenters. The van der Waals surface area contributed by atoms with Crippen LogP contribution in [0.15, 0.2) is 30.3 Å². The lowest BCUT2D eigenvalue weighted by Crippen LogP contribution is -2.43. The van der Waals surface area contributed by atoms with Crippen molar-refractivity contribution < 1.29 is 4.79 Å². The highest BCUT2D eigenvalue weighted by Crippen LogP contribution is 2.13. The highest BCUT2D eigenvalue weighted by molar-refractivity contribution is 8.93. The molecule has 1 aromatic rings. The number of carbonyl (C=O) groups is 1. The van der Waals surface area contributed by atoms with Crippen LogP contribution in [-0.4, -0.2) is 36.6 Å². The van der Waals surface area contributed by atoms with Gasteiger partial charge in [0.1, 0.15) is 0 Å². The lowest BCUT2D eigenvalue weighted by molar-refractivity contribution is 0.217. The molecule has 0 spiro atoms. The second-order valence-corrected chi connectivity index (χ2v) is 4.71. The van der Waals surface area contributed by atoms with Crippen molar-refractivity contribution in [3.05, 3.63) is 30.3 Å². The Kier molecular flexibility index (Phi) is 9.25. The molecule has 2 amide bonds. The molecule has 0 heterocycles.